The lowest BCUT2D eigenvalue weighted by molar-refractivity contribution is -0.128. The number of piperidine rings is 1. The number of nitriles is 1. The van der Waals surface area contributed by atoms with Gasteiger partial charge in [0.25, 0.3) is 5.91 Å². The summed E-state index contributed by atoms with van der Waals surface area (Å²) in [4.78, 5) is 13.9. The molecule has 0 bridgehead atoms. The van der Waals surface area contributed by atoms with E-state index in [1.807, 2.05) is 6.07 Å². The summed E-state index contributed by atoms with van der Waals surface area (Å²) in [5.74, 6) is 1.56. The van der Waals surface area contributed by atoms with E-state index in [2.05, 4.69) is 17.4 Å². The van der Waals surface area contributed by atoms with Crippen molar-refractivity contribution in [2.45, 2.75) is 26.7 Å². The lowest BCUT2D eigenvalue weighted by Gasteiger charge is -2.30. The first-order chi connectivity index (χ1) is 9.60. The van der Waals surface area contributed by atoms with Crippen LogP contribution in [0.25, 0.3) is 0 Å². The second-order valence-corrected chi connectivity index (χ2v) is 5.11. The summed E-state index contributed by atoms with van der Waals surface area (Å²) in [5.41, 5.74) is 0.0835. The van der Waals surface area contributed by atoms with E-state index in [1.165, 1.54) is 6.20 Å². The number of nitrogens with zero attached hydrogens (tertiary/aromatic N) is 3. The van der Waals surface area contributed by atoms with Crippen molar-refractivity contribution in [3.63, 3.8) is 0 Å². The van der Waals surface area contributed by atoms with Gasteiger partial charge in [-0.05, 0) is 25.7 Å². The molecule has 0 unspecified atom stereocenters. The molecule has 0 aliphatic carbocycles. The Labute approximate surface area is 118 Å². The van der Waals surface area contributed by atoms with Crippen molar-refractivity contribution >= 4 is 11.7 Å². The van der Waals surface area contributed by atoms with E-state index < -0.39 is 0 Å². The zero-order valence-electron chi connectivity index (χ0n) is 11.7. The van der Waals surface area contributed by atoms with E-state index >= 15 is 0 Å². The van der Waals surface area contributed by atoms with E-state index in [0.717, 1.165) is 12.8 Å². The summed E-state index contributed by atoms with van der Waals surface area (Å²) in [5, 5.41) is 15.7. The minimum Gasteiger partial charge on any atom is -0.360 e. The maximum absolute atomic E-state index is 12.2. The summed E-state index contributed by atoms with van der Waals surface area (Å²) in [7, 11) is 0. The topological polar surface area (TPSA) is 82.2 Å². The third-order valence-electron chi connectivity index (χ3n) is 3.41. The Hall–Kier alpha value is -2.29. The molecular formula is C14H18N4O2. The van der Waals surface area contributed by atoms with Gasteiger partial charge in [0, 0.05) is 25.4 Å². The van der Waals surface area contributed by atoms with Gasteiger partial charge in [-0.1, -0.05) is 12.1 Å². The monoisotopic (exact) mass is 274 g/mol. The van der Waals surface area contributed by atoms with E-state index in [1.54, 1.807) is 17.9 Å². The van der Waals surface area contributed by atoms with Gasteiger partial charge in [0.2, 0.25) is 0 Å². The third kappa shape index (κ3) is 3.38. The molecule has 1 aromatic rings. The number of rotatable bonds is 3. The highest BCUT2D eigenvalue weighted by Gasteiger charge is 2.23. The molecule has 1 aliphatic rings. The number of nitrogens with one attached hydrogen (secondary N) is 1. The highest BCUT2D eigenvalue weighted by molar-refractivity contribution is 5.97. The van der Waals surface area contributed by atoms with Gasteiger partial charge in [0.15, 0.2) is 5.82 Å². The maximum atomic E-state index is 12.2. The zero-order chi connectivity index (χ0) is 14.5. The van der Waals surface area contributed by atoms with Gasteiger partial charge in [-0.3, -0.25) is 4.79 Å². The second kappa shape index (κ2) is 6.24. The summed E-state index contributed by atoms with van der Waals surface area (Å²) < 4.78 is 4.90. The molecule has 0 saturated carbocycles. The molecule has 20 heavy (non-hydrogen) atoms. The van der Waals surface area contributed by atoms with Crippen LogP contribution in [0.2, 0.25) is 0 Å². The fourth-order valence-corrected chi connectivity index (χ4v) is 2.10. The Balaban J connectivity index is 2.00. The number of aryl methyl sites for hydroxylation is 1. The first-order valence-electron chi connectivity index (χ1n) is 6.69. The number of hydrogen-bond donors (Lipinski definition) is 1. The van der Waals surface area contributed by atoms with Crippen LogP contribution < -0.4 is 5.32 Å². The van der Waals surface area contributed by atoms with Gasteiger partial charge in [0.05, 0.1) is 0 Å². The Morgan fingerprint density at radius 2 is 2.30 bits per heavy atom. The molecule has 0 atom stereocenters. The molecule has 0 spiro atoms. The summed E-state index contributed by atoms with van der Waals surface area (Å²) in [6.07, 6.45) is 3.36. The summed E-state index contributed by atoms with van der Waals surface area (Å²) >= 11 is 0. The van der Waals surface area contributed by atoms with E-state index in [0.29, 0.717) is 30.6 Å². The third-order valence-corrected chi connectivity index (χ3v) is 3.41. The molecule has 0 aromatic carbocycles. The van der Waals surface area contributed by atoms with Crippen LogP contribution in [-0.4, -0.2) is 29.1 Å². The Bertz CT molecular complexity index is 548. The van der Waals surface area contributed by atoms with Crippen molar-refractivity contribution < 1.29 is 9.32 Å². The minimum atomic E-state index is -0.230. The van der Waals surface area contributed by atoms with Gasteiger partial charge < -0.3 is 14.7 Å². The zero-order valence-corrected chi connectivity index (χ0v) is 11.7. The molecule has 2 rings (SSSR count). The predicted octanol–water partition coefficient (Wildman–Crippen LogP) is 2.06. The Morgan fingerprint density at radius 3 is 2.85 bits per heavy atom. The van der Waals surface area contributed by atoms with E-state index in [-0.39, 0.29) is 11.5 Å². The van der Waals surface area contributed by atoms with E-state index in [4.69, 9.17) is 9.78 Å². The minimum absolute atomic E-state index is 0.0835. The van der Waals surface area contributed by atoms with Gasteiger partial charge in [-0.15, -0.1) is 0 Å². The molecule has 0 radical (unpaired) electrons. The first kappa shape index (κ1) is 14.1. The van der Waals surface area contributed by atoms with Crippen molar-refractivity contribution in [1.29, 1.82) is 5.26 Å². The van der Waals surface area contributed by atoms with Crippen LogP contribution in [0, 0.1) is 24.2 Å². The Morgan fingerprint density at radius 1 is 1.60 bits per heavy atom. The fraction of sp³-hybridized carbons (Fsp3) is 0.500. The molecule has 1 N–H and O–H groups in total. The van der Waals surface area contributed by atoms with Crippen molar-refractivity contribution in [2.24, 2.45) is 5.92 Å². The average molecular weight is 274 g/mol. The summed E-state index contributed by atoms with van der Waals surface area (Å²) in [6.45, 7) is 5.37. The van der Waals surface area contributed by atoms with Crippen LogP contribution in [0.3, 0.4) is 0 Å². The van der Waals surface area contributed by atoms with Gasteiger partial charge >= 0.3 is 0 Å². The number of hydrogen-bond acceptors (Lipinski definition) is 5. The second-order valence-electron chi connectivity index (χ2n) is 5.11. The molecule has 1 amide bonds. The number of aromatic nitrogens is 1. The van der Waals surface area contributed by atoms with Crippen LogP contribution >= 0.6 is 0 Å². The maximum Gasteiger partial charge on any atom is 0.266 e. The number of amides is 1. The first-order valence-corrected chi connectivity index (χ1v) is 6.69. The van der Waals surface area contributed by atoms with Crippen LogP contribution in [0.4, 0.5) is 5.82 Å². The molecule has 1 aromatic heterocycles. The average Bonchev–Trinajstić information content (AvgIpc) is 2.86. The fourth-order valence-electron chi connectivity index (χ4n) is 2.10. The normalized spacial score (nSPS) is 16.9. The van der Waals surface area contributed by atoms with Crippen molar-refractivity contribution in [3.8, 4) is 6.07 Å². The van der Waals surface area contributed by atoms with Gasteiger partial charge in [-0.25, -0.2) is 0 Å². The number of likely N-dealkylation sites (tertiary alicyclic amines) is 1. The molecule has 6 heteroatoms. The van der Waals surface area contributed by atoms with Crippen molar-refractivity contribution in [1.82, 2.24) is 10.1 Å². The van der Waals surface area contributed by atoms with Crippen molar-refractivity contribution in [3.05, 3.63) is 23.6 Å². The van der Waals surface area contributed by atoms with Gasteiger partial charge in [-0.2, -0.15) is 5.26 Å². The number of carbonyl (C=O) groups excluding carboxylic acids is 1. The molecule has 1 fully saturated rings. The van der Waals surface area contributed by atoms with Crippen LogP contribution in [-0.2, 0) is 4.79 Å². The molecule has 6 nitrogen and oxygen atoms in total. The molecular weight excluding hydrogens is 256 g/mol. The number of anilines is 1. The molecule has 1 saturated heterocycles. The quantitative estimate of drug-likeness (QED) is 0.674. The largest absolute Gasteiger partial charge is 0.360 e. The van der Waals surface area contributed by atoms with E-state index in [9.17, 15) is 4.79 Å². The highest BCUT2D eigenvalue weighted by atomic mass is 16.5. The molecule has 106 valence electrons. The van der Waals surface area contributed by atoms with Gasteiger partial charge in [0.1, 0.15) is 17.4 Å². The number of carbonyl (C=O) groups is 1. The molecule has 1 aliphatic heterocycles. The lowest BCUT2D eigenvalue weighted by atomic mass is 9.99. The Kier molecular flexibility index (Phi) is 4.41. The molecule has 2 heterocycles. The van der Waals surface area contributed by atoms with Crippen molar-refractivity contribution in [2.75, 3.05) is 18.4 Å². The lowest BCUT2D eigenvalue weighted by Crippen LogP contribution is -2.38. The smallest absolute Gasteiger partial charge is 0.266 e. The summed E-state index contributed by atoms with van der Waals surface area (Å²) in [6, 6.07) is 3.63. The predicted molar refractivity (Wildman–Crippen MR) is 73.5 cm³/mol. The standard InChI is InChI=1S/C14H18N4O2/c1-10-3-5-18(6-4-10)14(19)12(8-15)9-16-13-7-11(2)20-17-13/h7,9-10H,3-6H2,1-2H3,(H,16,17)/b12-9-. The van der Waals surface area contributed by atoms with Crippen LogP contribution in [0.15, 0.2) is 22.4 Å². The van der Waals surface area contributed by atoms with Crippen LogP contribution in [0.5, 0.6) is 0 Å². The highest BCUT2D eigenvalue weighted by Crippen LogP contribution is 2.17. The SMILES string of the molecule is Cc1cc(N/C=C(/C#N)C(=O)N2CCC(C)CC2)no1. The van der Waals surface area contributed by atoms with Crippen LogP contribution in [0.1, 0.15) is 25.5 Å².